The van der Waals surface area contributed by atoms with E-state index in [1.807, 2.05) is 60.7 Å². The van der Waals surface area contributed by atoms with Crippen LogP contribution in [0.25, 0.3) is 23.3 Å². The molecule has 3 aromatic rings. The topological polar surface area (TPSA) is 46.3 Å². The molecule has 0 fully saturated rings. The van der Waals surface area contributed by atoms with Crippen molar-refractivity contribution in [3.63, 3.8) is 0 Å². The van der Waals surface area contributed by atoms with Crippen molar-refractivity contribution < 1.29 is 9.52 Å². The highest BCUT2D eigenvalue weighted by atomic mass is 16.3. The van der Waals surface area contributed by atoms with E-state index in [1.54, 1.807) is 0 Å². The van der Waals surface area contributed by atoms with E-state index in [-0.39, 0.29) is 6.61 Å². The number of aromatic nitrogens is 1. The molecule has 0 atom stereocenters. The molecule has 0 aliphatic heterocycles. The number of nitrogens with zero attached hydrogens (tertiary/aromatic N) is 1. The van der Waals surface area contributed by atoms with Crippen LogP contribution in [0.4, 0.5) is 0 Å². The Balaban J connectivity index is 1.91. The summed E-state index contributed by atoms with van der Waals surface area (Å²) in [4.78, 5) is 4.37. The van der Waals surface area contributed by atoms with E-state index >= 15 is 0 Å². The maximum atomic E-state index is 9.08. The molecule has 0 aliphatic carbocycles. The van der Waals surface area contributed by atoms with Crippen LogP contribution in [0.2, 0.25) is 0 Å². The molecule has 3 rings (SSSR count). The van der Waals surface area contributed by atoms with Crippen molar-refractivity contribution in [1.29, 1.82) is 0 Å². The van der Waals surface area contributed by atoms with Gasteiger partial charge in [-0.25, -0.2) is 4.98 Å². The predicted molar refractivity (Wildman–Crippen MR) is 75.3 cm³/mol. The van der Waals surface area contributed by atoms with Crippen LogP contribution in [0.1, 0.15) is 17.0 Å². The Morgan fingerprint density at radius 3 is 2.68 bits per heavy atom. The fourth-order valence-electron chi connectivity index (χ4n) is 1.89. The van der Waals surface area contributed by atoms with Crippen molar-refractivity contribution in [1.82, 2.24) is 4.98 Å². The van der Waals surface area contributed by atoms with Gasteiger partial charge in [-0.3, -0.25) is 0 Å². The van der Waals surface area contributed by atoms with Crippen molar-refractivity contribution in [2.45, 2.75) is 6.61 Å². The normalized spacial score (nSPS) is 11.4. The summed E-state index contributed by atoms with van der Waals surface area (Å²) in [5, 5.41) is 9.08. The number of benzene rings is 2. The molecule has 2 aromatic carbocycles. The molecule has 0 bridgehead atoms. The number of hydrogen-bond acceptors (Lipinski definition) is 3. The third kappa shape index (κ3) is 2.56. The van der Waals surface area contributed by atoms with Gasteiger partial charge >= 0.3 is 0 Å². The van der Waals surface area contributed by atoms with Gasteiger partial charge in [-0.05, 0) is 29.3 Å². The van der Waals surface area contributed by atoms with E-state index in [1.165, 1.54) is 0 Å². The first-order valence-electron chi connectivity index (χ1n) is 6.08. The summed E-state index contributed by atoms with van der Waals surface area (Å²) in [6.45, 7) is 0.00578. The molecule has 0 amide bonds. The Morgan fingerprint density at radius 2 is 1.89 bits per heavy atom. The average Bonchev–Trinajstić information content (AvgIpc) is 2.88. The van der Waals surface area contributed by atoms with E-state index in [9.17, 15) is 0 Å². The Labute approximate surface area is 110 Å². The van der Waals surface area contributed by atoms with Crippen LogP contribution in [-0.2, 0) is 6.61 Å². The number of oxazole rings is 1. The SMILES string of the molecule is OCc1ccc2nc(/C=C/c3ccccc3)oc2c1. The second-order valence-electron chi connectivity index (χ2n) is 4.26. The third-order valence-corrected chi connectivity index (χ3v) is 2.87. The molecular formula is C16H13NO2. The second kappa shape index (κ2) is 5.08. The van der Waals surface area contributed by atoms with Gasteiger partial charge in [-0.1, -0.05) is 36.4 Å². The average molecular weight is 251 g/mol. The van der Waals surface area contributed by atoms with E-state index < -0.39 is 0 Å². The Kier molecular flexibility index (Phi) is 3.12. The standard InChI is InChI=1S/C16H13NO2/c18-11-13-6-8-14-15(10-13)19-16(17-14)9-7-12-4-2-1-3-5-12/h1-10,18H,11H2/b9-7+. The van der Waals surface area contributed by atoms with Gasteiger partial charge in [0.15, 0.2) is 5.58 Å². The number of aliphatic hydroxyl groups excluding tert-OH is 1. The van der Waals surface area contributed by atoms with E-state index in [4.69, 9.17) is 9.52 Å². The Hall–Kier alpha value is -2.39. The zero-order valence-corrected chi connectivity index (χ0v) is 10.3. The van der Waals surface area contributed by atoms with Crippen molar-refractivity contribution in [3.05, 3.63) is 65.5 Å². The minimum atomic E-state index is 0.00578. The maximum absolute atomic E-state index is 9.08. The lowest BCUT2D eigenvalue weighted by atomic mass is 10.2. The zero-order chi connectivity index (χ0) is 13.1. The molecule has 3 heteroatoms. The molecule has 0 aliphatic rings. The zero-order valence-electron chi connectivity index (χ0n) is 10.3. The van der Waals surface area contributed by atoms with Crippen LogP contribution < -0.4 is 0 Å². The molecule has 3 nitrogen and oxygen atoms in total. The molecule has 0 spiro atoms. The summed E-state index contributed by atoms with van der Waals surface area (Å²) < 4.78 is 5.62. The van der Waals surface area contributed by atoms with Crippen LogP contribution in [0.3, 0.4) is 0 Å². The molecule has 1 N–H and O–H groups in total. The van der Waals surface area contributed by atoms with Gasteiger partial charge in [0.1, 0.15) is 5.52 Å². The lowest BCUT2D eigenvalue weighted by molar-refractivity contribution is 0.282. The summed E-state index contributed by atoms with van der Waals surface area (Å²) in [6.07, 6.45) is 3.80. The minimum absolute atomic E-state index is 0.00578. The predicted octanol–water partition coefficient (Wildman–Crippen LogP) is 3.49. The van der Waals surface area contributed by atoms with Crippen LogP contribution in [-0.4, -0.2) is 10.1 Å². The third-order valence-electron chi connectivity index (χ3n) is 2.87. The lowest BCUT2D eigenvalue weighted by Crippen LogP contribution is -1.80. The van der Waals surface area contributed by atoms with Crippen LogP contribution in [0, 0.1) is 0 Å². The molecule has 0 saturated carbocycles. The monoisotopic (exact) mass is 251 g/mol. The molecule has 0 radical (unpaired) electrons. The fraction of sp³-hybridized carbons (Fsp3) is 0.0625. The van der Waals surface area contributed by atoms with E-state index in [2.05, 4.69) is 4.98 Å². The van der Waals surface area contributed by atoms with Crippen LogP contribution >= 0.6 is 0 Å². The second-order valence-corrected chi connectivity index (χ2v) is 4.26. The first-order chi connectivity index (χ1) is 9.35. The van der Waals surface area contributed by atoms with Crippen LogP contribution in [0.5, 0.6) is 0 Å². The highest BCUT2D eigenvalue weighted by molar-refractivity contribution is 5.76. The summed E-state index contributed by atoms with van der Waals surface area (Å²) in [5.41, 5.74) is 3.41. The van der Waals surface area contributed by atoms with Gasteiger partial charge in [-0.15, -0.1) is 0 Å². The number of aliphatic hydroxyl groups is 1. The van der Waals surface area contributed by atoms with Crippen LogP contribution in [0.15, 0.2) is 52.9 Å². The number of hydrogen-bond donors (Lipinski definition) is 1. The first kappa shape index (κ1) is 11.7. The van der Waals surface area contributed by atoms with Gasteiger partial charge in [0.2, 0.25) is 5.89 Å². The maximum Gasteiger partial charge on any atom is 0.220 e. The van der Waals surface area contributed by atoms with Gasteiger partial charge in [0.05, 0.1) is 6.61 Å². The molecule has 0 unspecified atom stereocenters. The van der Waals surface area contributed by atoms with Crippen molar-refractivity contribution in [3.8, 4) is 0 Å². The molecular weight excluding hydrogens is 238 g/mol. The Bertz CT molecular complexity index is 714. The quantitative estimate of drug-likeness (QED) is 0.775. The number of rotatable bonds is 3. The Morgan fingerprint density at radius 1 is 1.05 bits per heavy atom. The van der Waals surface area contributed by atoms with Crippen molar-refractivity contribution in [2.75, 3.05) is 0 Å². The molecule has 94 valence electrons. The van der Waals surface area contributed by atoms with Crippen molar-refractivity contribution in [2.24, 2.45) is 0 Å². The number of fused-ring (bicyclic) bond motifs is 1. The van der Waals surface area contributed by atoms with Gasteiger partial charge in [-0.2, -0.15) is 0 Å². The van der Waals surface area contributed by atoms with Gasteiger partial charge < -0.3 is 9.52 Å². The summed E-state index contributed by atoms with van der Waals surface area (Å²) in [5.74, 6) is 0.564. The molecule has 0 saturated heterocycles. The summed E-state index contributed by atoms with van der Waals surface area (Å²) in [7, 11) is 0. The first-order valence-corrected chi connectivity index (χ1v) is 6.08. The highest BCUT2D eigenvalue weighted by Gasteiger charge is 2.03. The smallest absolute Gasteiger partial charge is 0.220 e. The summed E-state index contributed by atoms with van der Waals surface area (Å²) >= 11 is 0. The van der Waals surface area contributed by atoms with Gasteiger partial charge in [0.25, 0.3) is 0 Å². The molecule has 1 aromatic heterocycles. The van der Waals surface area contributed by atoms with Crippen molar-refractivity contribution >= 4 is 23.3 Å². The summed E-state index contributed by atoms with van der Waals surface area (Å²) in [6, 6.07) is 15.5. The van der Waals surface area contributed by atoms with Gasteiger partial charge in [0, 0.05) is 6.08 Å². The molecule has 1 heterocycles. The minimum Gasteiger partial charge on any atom is -0.437 e. The lowest BCUT2D eigenvalue weighted by Gasteiger charge is -1.92. The molecule has 19 heavy (non-hydrogen) atoms. The fourth-order valence-corrected chi connectivity index (χ4v) is 1.89. The highest BCUT2D eigenvalue weighted by Crippen LogP contribution is 2.18. The van der Waals surface area contributed by atoms with E-state index in [0.717, 1.165) is 16.6 Å². The largest absolute Gasteiger partial charge is 0.437 e. The van der Waals surface area contributed by atoms with E-state index in [0.29, 0.717) is 11.5 Å².